The summed E-state index contributed by atoms with van der Waals surface area (Å²) in [7, 11) is 0. The number of halogens is 2. The lowest BCUT2D eigenvalue weighted by Crippen LogP contribution is -2.45. The molecule has 4 heteroatoms. The van der Waals surface area contributed by atoms with E-state index in [0.717, 1.165) is 36.8 Å². The lowest BCUT2D eigenvalue weighted by molar-refractivity contribution is 0.198. The van der Waals surface area contributed by atoms with Gasteiger partial charge in [0.1, 0.15) is 0 Å². The molecule has 0 spiro atoms. The number of nitrogens with one attached hydrogen (secondary N) is 1. The van der Waals surface area contributed by atoms with Crippen LogP contribution in [0.5, 0.6) is 0 Å². The molecule has 1 aliphatic rings. The van der Waals surface area contributed by atoms with Gasteiger partial charge >= 0.3 is 0 Å². The van der Waals surface area contributed by atoms with E-state index in [0.29, 0.717) is 5.02 Å². The first kappa shape index (κ1) is 16.8. The Hall–Kier alpha value is -1.06. The van der Waals surface area contributed by atoms with E-state index in [1.807, 2.05) is 12.1 Å². The van der Waals surface area contributed by atoms with E-state index in [1.54, 1.807) is 0 Å². The van der Waals surface area contributed by atoms with Gasteiger partial charge in [-0.25, -0.2) is 0 Å². The molecule has 0 amide bonds. The molecule has 0 bridgehead atoms. The largest absolute Gasteiger partial charge is 0.314 e. The monoisotopic (exact) mass is 348 g/mol. The van der Waals surface area contributed by atoms with E-state index >= 15 is 0 Å². The molecule has 2 aromatic carbocycles. The molecule has 1 N–H and O–H groups in total. The van der Waals surface area contributed by atoms with Crippen molar-refractivity contribution in [1.29, 1.82) is 0 Å². The van der Waals surface area contributed by atoms with Crippen molar-refractivity contribution in [2.75, 3.05) is 26.2 Å². The summed E-state index contributed by atoms with van der Waals surface area (Å²) in [5, 5.41) is 4.84. The maximum atomic E-state index is 6.56. The standard InChI is InChI=1S/C19H22Cl2N2/c1-13-3-4-14(2)17(11-13)19(23-9-7-22-8-10-23)16-6-5-15(20)12-18(16)21/h3-6,11-12,19,22H,7-10H2,1-2H3. The summed E-state index contributed by atoms with van der Waals surface area (Å²) < 4.78 is 0. The molecule has 0 radical (unpaired) electrons. The van der Waals surface area contributed by atoms with Crippen molar-refractivity contribution in [3.05, 3.63) is 68.7 Å². The third-order valence-electron chi connectivity index (χ3n) is 4.50. The third-order valence-corrected chi connectivity index (χ3v) is 5.07. The molecular weight excluding hydrogens is 327 g/mol. The summed E-state index contributed by atoms with van der Waals surface area (Å²) in [6, 6.07) is 12.7. The van der Waals surface area contributed by atoms with Crippen molar-refractivity contribution in [3.63, 3.8) is 0 Å². The maximum Gasteiger partial charge on any atom is 0.0620 e. The molecule has 0 aliphatic carbocycles. The Morgan fingerprint density at radius 2 is 1.70 bits per heavy atom. The summed E-state index contributed by atoms with van der Waals surface area (Å²) in [5.41, 5.74) is 5.03. The first-order valence-corrected chi connectivity index (χ1v) is 8.79. The number of hydrogen-bond acceptors (Lipinski definition) is 2. The molecule has 1 unspecified atom stereocenters. The minimum absolute atomic E-state index is 0.168. The van der Waals surface area contributed by atoms with Gasteiger partial charge in [0.2, 0.25) is 0 Å². The summed E-state index contributed by atoms with van der Waals surface area (Å²) in [6.45, 7) is 8.35. The van der Waals surface area contributed by atoms with Crippen LogP contribution in [0.4, 0.5) is 0 Å². The molecule has 3 rings (SSSR count). The van der Waals surface area contributed by atoms with Crippen molar-refractivity contribution in [2.45, 2.75) is 19.9 Å². The van der Waals surface area contributed by atoms with E-state index in [1.165, 1.54) is 16.7 Å². The van der Waals surface area contributed by atoms with Crippen LogP contribution in [0, 0.1) is 13.8 Å². The van der Waals surface area contributed by atoms with Gasteiger partial charge in [0.05, 0.1) is 6.04 Å². The van der Waals surface area contributed by atoms with Crippen LogP contribution in [0.3, 0.4) is 0 Å². The minimum atomic E-state index is 0.168. The Bertz CT molecular complexity index is 694. The second kappa shape index (κ2) is 7.23. The van der Waals surface area contributed by atoms with Crippen LogP contribution in [-0.4, -0.2) is 31.1 Å². The van der Waals surface area contributed by atoms with Gasteiger partial charge in [-0.2, -0.15) is 0 Å². The molecule has 122 valence electrons. The number of nitrogens with zero attached hydrogens (tertiary/aromatic N) is 1. The normalized spacial score (nSPS) is 17.2. The zero-order valence-electron chi connectivity index (χ0n) is 13.6. The topological polar surface area (TPSA) is 15.3 Å². The van der Waals surface area contributed by atoms with Crippen molar-refractivity contribution in [1.82, 2.24) is 10.2 Å². The Balaban J connectivity index is 2.11. The molecule has 1 fully saturated rings. The van der Waals surface area contributed by atoms with Crippen LogP contribution in [0.25, 0.3) is 0 Å². The Morgan fingerprint density at radius 1 is 0.957 bits per heavy atom. The van der Waals surface area contributed by atoms with Crippen molar-refractivity contribution < 1.29 is 0 Å². The Morgan fingerprint density at radius 3 is 2.39 bits per heavy atom. The second-order valence-electron chi connectivity index (χ2n) is 6.21. The number of piperazine rings is 1. The van der Waals surface area contributed by atoms with E-state index in [9.17, 15) is 0 Å². The van der Waals surface area contributed by atoms with Crippen molar-refractivity contribution >= 4 is 23.2 Å². The van der Waals surface area contributed by atoms with Crippen LogP contribution in [-0.2, 0) is 0 Å². The molecule has 1 aliphatic heterocycles. The number of rotatable bonds is 3. The summed E-state index contributed by atoms with van der Waals surface area (Å²) in [5.74, 6) is 0. The van der Waals surface area contributed by atoms with Crippen LogP contribution in [0.1, 0.15) is 28.3 Å². The summed E-state index contributed by atoms with van der Waals surface area (Å²) in [6.07, 6.45) is 0. The van der Waals surface area contributed by atoms with Crippen LogP contribution < -0.4 is 5.32 Å². The van der Waals surface area contributed by atoms with Crippen molar-refractivity contribution in [2.24, 2.45) is 0 Å². The van der Waals surface area contributed by atoms with E-state index in [-0.39, 0.29) is 6.04 Å². The van der Waals surface area contributed by atoms with Crippen LogP contribution >= 0.6 is 23.2 Å². The third kappa shape index (κ3) is 3.72. The zero-order chi connectivity index (χ0) is 16.4. The molecule has 1 saturated heterocycles. The van der Waals surface area contributed by atoms with Gasteiger partial charge < -0.3 is 5.32 Å². The highest BCUT2D eigenvalue weighted by molar-refractivity contribution is 6.35. The van der Waals surface area contributed by atoms with E-state index < -0.39 is 0 Å². The van der Waals surface area contributed by atoms with Gasteiger partial charge in [-0.1, -0.05) is 53.0 Å². The molecular formula is C19H22Cl2N2. The lowest BCUT2D eigenvalue weighted by Gasteiger charge is -2.36. The molecule has 0 saturated carbocycles. The average Bonchev–Trinajstić information content (AvgIpc) is 2.54. The molecule has 0 aromatic heterocycles. The van der Waals surface area contributed by atoms with E-state index in [4.69, 9.17) is 23.2 Å². The highest BCUT2D eigenvalue weighted by Crippen LogP contribution is 2.36. The van der Waals surface area contributed by atoms with Crippen molar-refractivity contribution in [3.8, 4) is 0 Å². The van der Waals surface area contributed by atoms with Gasteiger partial charge in [-0.3, -0.25) is 4.90 Å². The molecule has 2 aromatic rings. The molecule has 1 heterocycles. The number of hydrogen-bond donors (Lipinski definition) is 1. The first-order valence-electron chi connectivity index (χ1n) is 8.03. The predicted octanol–water partition coefficient (Wildman–Crippen LogP) is 4.60. The smallest absolute Gasteiger partial charge is 0.0620 e. The fraction of sp³-hybridized carbons (Fsp3) is 0.368. The minimum Gasteiger partial charge on any atom is -0.314 e. The molecule has 23 heavy (non-hydrogen) atoms. The average molecular weight is 349 g/mol. The predicted molar refractivity (Wildman–Crippen MR) is 98.7 cm³/mol. The van der Waals surface area contributed by atoms with Crippen LogP contribution in [0.2, 0.25) is 10.0 Å². The van der Waals surface area contributed by atoms with Gasteiger partial charge in [0, 0.05) is 36.2 Å². The number of benzene rings is 2. The van der Waals surface area contributed by atoms with Gasteiger partial charge in [-0.15, -0.1) is 0 Å². The SMILES string of the molecule is Cc1ccc(C)c(C(c2ccc(Cl)cc2Cl)N2CCNCC2)c1. The maximum absolute atomic E-state index is 6.56. The lowest BCUT2D eigenvalue weighted by atomic mass is 9.92. The number of aryl methyl sites for hydroxylation is 2. The zero-order valence-corrected chi connectivity index (χ0v) is 15.1. The second-order valence-corrected chi connectivity index (χ2v) is 7.06. The Kier molecular flexibility index (Phi) is 5.27. The van der Waals surface area contributed by atoms with Gasteiger partial charge in [0.15, 0.2) is 0 Å². The first-order chi connectivity index (χ1) is 11.1. The highest BCUT2D eigenvalue weighted by Gasteiger charge is 2.27. The fourth-order valence-corrected chi connectivity index (χ4v) is 3.79. The highest BCUT2D eigenvalue weighted by atomic mass is 35.5. The Labute approximate surface area is 148 Å². The van der Waals surface area contributed by atoms with Crippen LogP contribution in [0.15, 0.2) is 36.4 Å². The van der Waals surface area contributed by atoms with Gasteiger partial charge in [0.25, 0.3) is 0 Å². The summed E-state index contributed by atoms with van der Waals surface area (Å²) in [4.78, 5) is 2.51. The fourth-order valence-electron chi connectivity index (χ4n) is 3.28. The summed E-state index contributed by atoms with van der Waals surface area (Å²) >= 11 is 12.7. The quantitative estimate of drug-likeness (QED) is 0.871. The van der Waals surface area contributed by atoms with E-state index in [2.05, 4.69) is 48.3 Å². The molecule has 2 nitrogen and oxygen atoms in total. The molecule has 1 atom stereocenters. The van der Waals surface area contributed by atoms with Gasteiger partial charge in [-0.05, 0) is 42.7 Å².